The van der Waals surface area contributed by atoms with Gasteiger partial charge in [-0.15, -0.1) is 11.3 Å². The lowest BCUT2D eigenvalue weighted by Crippen LogP contribution is -2.09. The third-order valence-electron chi connectivity index (χ3n) is 4.42. The van der Waals surface area contributed by atoms with Gasteiger partial charge < -0.3 is 5.32 Å². The molecule has 1 amide bonds. The van der Waals surface area contributed by atoms with Gasteiger partial charge in [0.2, 0.25) is 5.91 Å². The first-order chi connectivity index (χ1) is 15.3. The van der Waals surface area contributed by atoms with Gasteiger partial charge in [0.05, 0.1) is 25.8 Å². The summed E-state index contributed by atoms with van der Waals surface area (Å²) in [6, 6.07) is 15.1. The molecule has 0 unspecified atom stereocenters. The minimum atomic E-state index is -0.586. The van der Waals surface area contributed by atoms with Gasteiger partial charge in [-0.1, -0.05) is 53.0 Å². The molecule has 0 aliphatic rings. The average molecular weight is 505 g/mol. The van der Waals surface area contributed by atoms with Crippen LogP contribution in [-0.4, -0.2) is 15.8 Å². The number of carbonyl (C=O) groups excluding carboxylic acids is 1. The van der Waals surface area contributed by atoms with E-state index in [1.807, 2.05) is 24.3 Å². The van der Waals surface area contributed by atoms with Crippen molar-refractivity contribution in [3.8, 4) is 10.6 Å². The van der Waals surface area contributed by atoms with E-state index in [9.17, 15) is 14.9 Å². The number of benzene rings is 3. The van der Waals surface area contributed by atoms with Gasteiger partial charge in [-0.05, 0) is 42.0 Å². The van der Waals surface area contributed by atoms with Crippen LogP contribution in [0.3, 0.4) is 0 Å². The third kappa shape index (κ3) is 4.76. The molecule has 1 heterocycles. The molecule has 0 saturated heterocycles. The van der Waals surface area contributed by atoms with Crippen LogP contribution in [0.15, 0.2) is 60.7 Å². The second-order valence-corrected chi connectivity index (χ2v) is 8.87. The fourth-order valence-electron chi connectivity index (χ4n) is 2.97. The number of fused-ring (bicyclic) bond motifs is 1. The molecule has 32 heavy (non-hydrogen) atoms. The van der Waals surface area contributed by atoms with Crippen molar-refractivity contribution in [3.05, 3.63) is 91.4 Å². The molecule has 10 heteroatoms. The first kappa shape index (κ1) is 22.2. The minimum Gasteiger partial charge on any atom is -0.321 e. The molecule has 0 radical (unpaired) electrons. The Morgan fingerprint density at radius 1 is 1.06 bits per heavy atom. The lowest BCUT2D eigenvalue weighted by atomic mass is 10.1. The van der Waals surface area contributed by atoms with Crippen molar-refractivity contribution in [1.82, 2.24) is 4.98 Å². The van der Waals surface area contributed by atoms with E-state index in [1.54, 1.807) is 12.1 Å². The maximum Gasteiger partial charge on any atom is 0.288 e. The molecule has 0 spiro atoms. The molecule has 0 bridgehead atoms. The first-order valence-corrected chi connectivity index (χ1v) is 11.0. The number of nitrogens with one attached hydrogen (secondary N) is 1. The predicted molar refractivity (Wildman–Crippen MR) is 131 cm³/mol. The van der Waals surface area contributed by atoms with Crippen LogP contribution in [0, 0.1) is 10.1 Å². The van der Waals surface area contributed by atoms with Crippen LogP contribution < -0.4 is 5.32 Å². The zero-order valence-electron chi connectivity index (χ0n) is 16.0. The Morgan fingerprint density at radius 2 is 1.84 bits per heavy atom. The predicted octanol–water partition coefficient (Wildman–Crippen LogP) is 7.48. The number of halogens is 3. The number of amides is 1. The number of para-hydroxylation sites is 1. The van der Waals surface area contributed by atoms with Gasteiger partial charge in [0, 0.05) is 22.7 Å². The fraction of sp³-hybridized carbons (Fsp3) is 0. The number of anilines is 1. The topological polar surface area (TPSA) is 85.1 Å². The van der Waals surface area contributed by atoms with Crippen LogP contribution in [0.2, 0.25) is 15.1 Å². The summed E-state index contributed by atoms with van der Waals surface area (Å²) in [5.74, 6) is -0.478. The second-order valence-electron chi connectivity index (χ2n) is 6.59. The first-order valence-electron chi connectivity index (χ1n) is 9.10. The van der Waals surface area contributed by atoms with Gasteiger partial charge in [0.15, 0.2) is 0 Å². The maximum atomic E-state index is 12.6. The number of rotatable bonds is 5. The Labute approximate surface area is 201 Å². The largest absolute Gasteiger partial charge is 0.321 e. The highest BCUT2D eigenvalue weighted by Gasteiger charge is 2.17. The zero-order chi connectivity index (χ0) is 22.8. The Kier molecular flexibility index (Phi) is 6.43. The Bertz CT molecular complexity index is 1370. The van der Waals surface area contributed by atoms with Crippen molar-refractivity contribution in [2.45, 2.75) is 0 Å². The molecule has 0 aliphatic carbocycles. The fourth-order valence-corrected chi connectivity index (χ4v) is 4.68. The van der Waals surface area contributed by atoms with E-state index in [4.69, 9.17) is 34.8 Å². The molecule has 6 nitrogen and oxygen atoms in total. The standard InChI is InChI=1S/C22H12Cl3N3O3S/c23-13-10-14(22-26-17-3-1-2-4-19(17)32-22)21(16(25)11-13)27-20(29)8-6-12-5-7-15(24)18(9-12)28(30)31/h1-11H,(H,27,29)/b8-6+. The summed E-state index contributed by atoms with van der Waals surface area (Å²) in [5.41, 5.74) is 1.99. The van der Waals surface area contributed by atoms with Gasteiger partial charge in [-0.3, -0.25) is 14.9 Å². The highest BCUT2D eigenvalue weighted by atomic mass is 35.5. The van der Waals surface area contributed by atoms with E-state index in [0.717, 1.165) is 10.2 Å². The van der Waals surface area contributed by atoms with Crippen molar-refractivity contribution in [2.24, 2.45) is 0 Å². The van der Waals surface area contributed by atoms with Gasteiger partial charge in [-0.2, -0.15) is 0 Å². The van der Waals surface area contributed by atoms with Crippen molar-refractivity contribution < 1.29 is 9.72 Å². The number of aromatic nitrogens is 1. The van der Waals surface area contributed by atoms with E-state index in [-0.39, 0.29) is 15.7 Å². The number of nitro groups is 1. The SMILES string of the molecule is O=C(/C=C/c1ccc(Cl)c([N+](=O)[O-])c1)Nc1c(Cl)cc(Cl)cc1-c1nc2ccccc2s1. The van der Waals surface area contributed by atoms with Gasteiger partial charge in [0.1, 0.15) is 10.0 Å². The summed E-state index contributed by atoms with van der Waals surface area (Å²) in [5, 5.41) is 15.1. The molecule has 0 atom stereocenters. The normalized spacial score (nSPS) is 11.2. The summed E-state index contributed by atoms with van der Waals surface area (Å²) >= 11 is 19.9. The van der Waals surface area contributed by atoms with E-state index in [1.165, 1.54) is 41.7 Å². The summed E-state index contributed by atoms with van der Waals surface area (Å²) < 4.78 is 0.986. The highest BCUT2D eigenvalue weighted by molar-refractivity contribution is 7.21. The molecule has 0 saturated carbocycles. The molecular weight excluding hydrogens is 493 g/mol. The Balaban J connectivity index is 1.64. The molecule has 160 valence electrons. The number of hydrogen-bond acceptors (Lipinski definition) is 5. The number of hydrogen-bond donors (Lipinski definition) is 1. The van der Waals surface area contributed by atoms with Crippen LogP contribution in [0.25, 0.3) is 26.9 Å². The van der Waals surface area contributed by atoms with E-state index in [2.05, 4.69) is 10.3 Å². The summed E-state index contributed by atoms with van der Waals surface area (Å²) in [7, 11) is 0. The molecule has 1 aromatic heterocycles. The third-order valence-corrected chi connectivity index (χ3v) is 6.33. The van der Waals surface area contributed by atoms with Gasteiger partial charge in [0.25, 0.3) is 5.69 Å². The van der Waals surface area contributed by atoms with Crippen LogP contribution in [0.5, 0.6) is 0 Å². The van der Waals surface area contributed by atoms with Gasteiger partial charge in [-0.25, -0.2) is 4.98 Å². The van der Waals surface area contributed by atoms with Crippen LogP contribution in [-0.2, 0) is 4.79 Å². The molecule has 4 aromatic rings. The lowest BCUT2D eigenvalue weighted by molar-refractivity contribution is -0.384. The highest BCUT2D eigenvalue weighted by Crippen LogP contribution is 2.40. The summed E-state index contributed by atoms with van der Waals surface area (Å²) in [6.07, 6.45) is 2.69. The number of carbonyl (C=O) groups is 1. The number of nitro benzene ring substituents is 1. The van der Waals surface area contributed by atoms with Crippen LogP contribution >= 0.6 is 46.1 Å². The second kappa shape index (κ2) is 9.26. The number of nitrogens with zero attached hydrogens (tertiary/aromatic N) is 2. The van der Waals surface area contributed by atoms with E-state index >= 15 is 0 Å². The van der Waals surface area contributed by atoms with Crippen molar-refractivity contribution in [2.75, 3.05) is 5.32 Å². The van der Waals surface area contributed by atoms with Crippen molar-refractivity contribution >= 4 is 79.7 Å². The monoisotopic (exact) mass is 503 g/mol. The zero-order valence-corrected chi connectivity index (χ0v) is 19.1. The van der Waals surface area contributed by atoms with E-state index in [0.29, 0.717) is 26.8 Å². The van der Waals surface area contributed by atoms with Crippen molar-refractivity contribution in [3.63, 3.8) is 0 Å². The smallest absolute Gasteiger partial charge is 0.288 e. The van der Waals surface area contributed by atoms with Crippen molar-refractivity contribution in [1.29, 1.82) is 0 Å². The Hall–Kier alpha value is -2.97. The lowest BCUT2D eigenvalue weighted by Gasteiger charge is -2.11. The molecule has 3 aromatic carbocycles. The quantitative estimate of drug-likeness (QED) is 0.173. The number of thiazole rings is 1. The average Bonchev–Trinajstić information content (AvgIpc) is 3.18. The van der Waals surface area contributed by atoms with Crippen LogP contribution in [0.1, 0.15) is 5.56 Å². The molecular formula is C22H12Cl3N3O3S. The van der Waals surface area contributed by atoms with E-state index < -0.39 is 10.8 Å². The van der Waals surface area contributed by atoms with Gasteiger partial charge >= 0.3 is 0 Å². The summed E-state index contributed by atoms with van der Waals surface area (Å²) in [4.78, 5) is 27.7. The molecule has 0 aliphatic heterocycles. The van der Waals surface area contributed by atoms with Crippen LogP contribution in [0.4, 0.5) is 11.4 Å². The molecule has 0 fully saturated rings. The maximum absolute atomic E-state index is 12.6. The molecule has 4 rings (SSSR count). The molecule has 1 N–H and O–H groups in total. The Morgan fingerprint density at radius 3 is 2.59 bits per heavy atom. The minimum absolute atomic E-state index is 0.0185. The summed E-state index contributed by atoms with van der Waals surface area (Å²) in [6.45, 7) is 0.